The number of thiol groups is 1. The van der Waals surface area contributed by atoms with Gasteiger partial charge in [-0.05, 0) is 50.1 Å². The Bertz CT molecular complexity index is 1030. The Balaban J connectivity index is 0.00000101. The summed E-state index contributed by atoms with van der Waals surface area (Å²) in [5.41, 5.74) is 0. The Hall–Kier alpha value is -0.305. The zero-order valence-electron chi connectivity index (χ0n) is 17.1. The van der Waals surface area contributed by atoms with Crippen LogP contribution in [0.5, 0.6) is 0 Å². The molecule has 0 aliphatic rings. The first-order valence-electron chi connectivity index (χ1n) is 8.97. The summed E-state index contributed by atoms with van der Waals surface area (Å²) < 4.78 is 41.3. The molecule has 0 spiro atoms. The van der Waals surface area contributed by atoms with Gasteiger partial charge in [-0.1, -0.05) is 12.1 Å². The molecule has 0 N–H and O–H groups in total. The van der Waals surface area contributed by atoms with Crippen molar-refractivity contribution in [2.45, 2.75) is 13.8 Å². The van der Waals surface area contributed by atoms with Crippen LogP contribution in [0, 0.1) is 0 Å². The van der Waals surface area contributed by atoms with E-state index in [2.05, 4.69) is 24.8 Å². The molecule has 0 saturated carbocycles. The second-order valence-corrected chi connectivity index (χ2v) is 14.5. The van der Waals surface area contributed by atoms with E-state index in [0.29, 0.717) is 10.6 Å². The van der Waals surface area contributed by atoms with Crippen molar-refractivity contribution in [3.63, 3.8) is 0 Å². The molecular formula is C18H23BNO4P2S4. The summed E-state index contributed by atoms with van der Waals surface area (Å²) in [6, 6.07) is 7.91. The third kappa shape index (κ3) is 5.93. The number of thiophene rings is 3. The van der Waals surface area contributed by atoms with E-state index in [-0.39, 0.29) is 13.2 Å². The predicted molar refractivity (Wildman–Crippen MR) is 138 cm³/mol. The fourth-order valence-corrected chi connectivity index (χ4v) is 11.3. The summed E-state index contributed by atoms with van der Waals surface area (Å²) in [6.07, 6.45) is 0. The van der Waals surface area contributed by atoms with Gasteiger partial charge in [-0.15, -0.1) is 34.0 Å². The van der Waals surface area contributed by atoms with Crippen molar-refractivity contribution in [1.29, 1.82) is 0 Å². The van der Waals surface area contributed by atoms with Gasteiger partial charge in [0, 0.05) is 15.1 Å². The van der Waals surface area contributed by atoms with Crippen LogP contribution in [0.3, 0.4) is 0 Å². The monoisotopic (exact) mass is 518 g/mol. The van der Waals surface area contributed by atoms with Crippen LogP contribution in [0.15, 0.2) is 39.3 Å². The quantitative estimate of drug-likeness (QED) is 0.209. The van der Waals surface area contributed by atoms with Gasteiger partial charge < -0.3 is 13.6 Å². The van der Waals surface area contributed by atoms with E-state index in [0.717, 1.165) is 19.5 Å². The molecule has 12 heteroatoms. The Morgan fingerprint density at radius 3 is 1.73 bits per heavy atom. The third-order valence-electron chi connectivity index (χ3n) is 3.76. The third-order valence-corrected chi connectivity index (χ3v) is 11.2. The van der Waals surface area contributed by atoms with Gasteiger partial charge >= 0.3 is 32.3 Å². The Morgan fingerprint density at radius 2 is 1.40 bits per heavy atom. The molecule has 0 amide bonds. The summed E-state index contributed by atoms with van der Waals surface area (Å²) in [4.78, 5) is 3.73. The topological polar surface area (TPSA) is 65.0 Å². The number of rotatable bonds is 8. The van der Waals surface area contributed by atoms with Crippen molar-refractivity contribution in [1.82, 2.24) is 0 Å². The first kappa shape index (κ1) is 26.0. The van der Waals surface area contributed by atoms with E-state index >= 15 is 0 Å². The Labute approximate surface area is 196 Å². The molecule has 3 aromatic rings. The Morgan fingerprint density at radius 1 is 0.967 bits per heavy atom. The number of hydrogen-bond donors (Lipinski definition) is 1. The van der Waals surface area contributed by atoms with E-state index < -0.39 is 14.7 Å². The molecule has 30 heavy (non-hydrogen) atoms. The maximum absolute atomic E-state index is 13.8. The molecule has 0 unspecified atom stereocenters. The zero-order chi connectivity index (χ0) is 22.4. The normalized spacial score (nSPS) is 11.7. The molecular weight excluding hydrogens is 495 g/mol. The van der Waals surface area contributed by atoms with E-state index in [1.54, 1.807) is 49.9 Å². The molecule has 0 aromatic carbocycles. The summed E-state index contributed by atoms with van der Waals surface area (Å²) in [7, 11) is -2.05. The fraction of sp³-hybridized carbons (Fsp3) is 0.333. The molecule has 0 aliphatic heterocycles. The molecule has 0 bridgehead atoms. The summed E-state index contributed by atoms with van der Waals surface area (Å²) in [6.45, 7) is 7.53. The van der Waals surface area contributed by atoms with Crippen LogP contribution in [0.2, 0.25) is 0 Å². The molecule has 0 atom stereocenters. The van der Waals surface area contributed by atoms with E-state index in [1.807, 2.05) is 35.0 Å². The van der Waals surface area contributed by atoms with Crippen molar-refractivity contribution < 1.29 is 18.2 Å². The van der Waals surface area contributed by atoms with Crippen LogP contribution in [0.25, 0.3) is 19.5 Å². The van der Waals surface area contributed by atoms with Crippen LogP contribution in [0.1, 0.15) is 13.8 Å². The van der Waals surface area contributed by atoms with Gasteiger partial charge in [0.05, 0.1) is 28.3 Å². The van der Waals surface area contributed by atoms with Crippen LogP contribution in [-0.2, 0) is 18.2 Å². The van der Waals surface area contributed by atoms with Gasteiger partial charge in [0.2, 0.25) is 0 Å². The average molecular weight is 518 g/mol. The molecule has 5 nitrogen and oxygen atoms in total. The summed E-state index contributed by atoms with van der Waals surface area (Å²) >= 11 is 7.86. The van der Waals surface area contributed by atoms with Crippen molar-refractivity contribution in [3.8, 4) is 19.5 Å². The number of nitrogens with zero attached hydrogens (tertiary/aromatic N) is 1. The van der Waals surface area contributed by atoms with Gasteiger partial charge in [-0.25, -0.2) is 0 Å². The van der Waals surface area contributed by atoms with Gasteiger partial charge in [-0.3, -0.25) is 4.57 Å². The van der Waals surface area contributed by atoms with Crippen molar-refractivity contribution in [2.24, 2.45) is 4.30 Å². The molecule has 3 aromatic heterocycles. The van der Waals surface area contributed by atoms with Crippen LogP contribution >= 0.6 is 61.6 Å². The second-order valence-electron chi connectivity index (χ2n) is 6.21. The van der Waals surface area contributed by atoms with Gasteiger partial charge in [0.1, 0.15) is 7.14 Å². The summed E-state index contributed by atoms with van der Waals surface area (Å²) in [5.74, 6) is 0. The van der Waals surface area contributed by atoms with Gasteiger partial charge in [-0.2, -0.15) is 0 Å². The van der Waals surface area contributed by atoms with Crippen molar-refractivity contribution in [3.05, 3.63) is 35.0 Å². The Kier molecular flexibility index (Phi) is 9.97. The van der Waals surface area contributed by atoms with Crippen LogP contribution in [-0.4, -0.2) is 34.2 Å². The molecule has 0 aliphatic carbocycles. The average Bonchev–Trinajstić information content (AvgIpc) is 3.41. The first-order valence-corrected chi connectivity index (χ1v) is 16.1. The van der Waals surface area contributed by atoms with Crippen molar-refractivity contribution >= 4 is 79.8 Å². The van der Waals surface area contributed by atoms with E-state index in [1.165, 1.54) is 11.3 Å². The second kappa shape index (κ2) is 11.5. The molecule has 0 fully saturated rings. The minimum absolute atomic E-state index is 0.252. The van der Waals surface area contributed by atoms with Gasteiger partial charge in [0.25, 0.3) is 0 Å². The van der Waals surface area contributed by atoms with Crippen molar-refractivity contribution in [2.75, 3.05) is 26.5 Å². The molecule has 1 radical (unpaired) electrons. The molecule has 0 saturated heterocycles. The zero-order valence-corrected chi connectivity index (χ0v) is 22.2. The molecule has 3 heterocycles. The van der Waals surface area contributed by atoms with E-state index in [9.17, 15) is 9.13 Å². The van der Waals surface area contributed by atoms with Crippen LogP contribution < -0.4 is 10.6 Å². The molecule has 161 valence electrons. The van der Waals surface area contributed by atoms with Crippen LogP contribution in [0.4, 0.5) is 0 Å². The minimum atomic E-state index is -3.62. The van der Waals surface area contributed by atoms with Gasteiger partial charge in [0.15, 0.2) is 0 Å². The fourth-order valence-electron chi connectivity index (χ4n) is 2.82. The predicted octanol–water partition coefficient (Wildman–Crippen LogP) is 6.53. The van der Waals surface area contributed by atoms with E-state index in [4.69, 9.17) is 9.05 Å². The SMILES string of the molecule is CCOP(=O)(OCC)c1c(-c2cccs2)sc(-c2cccs2)c1P(C)(C)=O.[B]=NS. The standard InChI is InChI=1S/C18H22O4P2S3.BHNS/c1-5-21-24(20,22-6-2)16-15(23(3,4)19)17(13-9-7-11-25-13)27-18(16)14-10-8-12-26-14;1-2-3/h7-12H,5-6H2,1-4H3;3H. The summed E-state index contributed by atoms with van der Waals surface area (Å²) in [5, 5.41) is 5.08. The molecule has 3 rings (SSSR count). The maximum atomic E-state index is 13.8. The first-order chi connectivity index (χ1) is 14.2. The number of hydrogen-bond acceptors (Lipinski definition) is 9.